The molecular formula is C17H26BNO3. The topological polar surface area (TPSA) is 51.3 Å². The molecule has 1 fully saturated rings. The Morgan fingerprint density at radius 2 is 1.55 bits per heavy atom. The minimum absolute atomic E-state index is 0.00851. The SMILES string of the molecule is Cc1c(B2OC(C)(C)C(C)(C)O2)[nH]c2c1C(=O)CC(C)(C)C2. The Morgan fingerprint density at radius 3 is 2.09 bits per heavy atom. The first-order valence-electron chi connectivity index (χ1n) is 8.04. The summed E-state index contributed by atoms with van der Waals surface area (Å²) < 4.78 is 12.3. The Morgan fingerprint density at radius 1 is 1.00 bits per heavy atom. The number of carbonyl (C=O) groups is 1. The fraction of sp³-hybridized carbons (Fsp3) is 0.706. The fourth-order valence-corrected chi connectivity index (χ4v) is 3.45. The molecule has 0 aromatic carbocycles. The molecule has 22 heavy (non-hydrogen) atoms. The molecular weight excluding hydrogens is 277 g/mol. The maximum atomic E-state index is 12.5. The highest BCUT2D eigenvalue weighted by molar-refractivity contribution is 6.62. The Kier molecular flexibility index (Phi) is 3.22. The molecule has 0 radical (unpaired) electrons. The first-order valence-corrected chi connectivity index (χ1v) is 8.04. The van der Waals surface area contributed by atoms with E-state index in [0.29, 0.717) is 6.42 Å². The second-order valence-electron chi connectivity index (χ2n) is 8.55. The van der Waals surface area contributed by atoms with Crippen molar-refractivity contribution in [3.05, 3.63) is 16.8 Å². The molecule has 120 valence electrons. The molecule has 0 atom stereocenters. The largest absolute Gasteiger partial charge is 0.512 e. The summed E-state index contributed by atoms with van der Waals surface area (Å²) >= 11 is 0. The lowest BCUT2D eigenvalue weighted by Crippen LogP contribution is -2.41. The van der Waals surface area contributed by atoms with Crippen LogP contribution in [0.15, 0.2) is 0 Å². The average Bonchev–Trinajstić information content (AvgIpc) is 2.72. The molecule has 1 aliphatic carbocycles. The van der Waals surface area contributed by atoms with Gasteiger partial charge in [-0.05, 0) is 52.0 Å². The lowest BCUT2D eigenvalue weighted by molar-refractivity contribution is 0.00578. The van der Waals surface area contributed by atoms with Gasteiger partial charge in [-0.2, -0.15) is 0 Å². The highest BCUT2D eigenvalue weighted by atomic mass is 16.7. The number of aromatic amines is 1. The first-order chi connectivity index (χ1) is 9.94. The maximum absolute atomic E-state index is 12.5. The molecule has 0 bridgehead atoms. The van der Waals surface area contributed by atoms with E-state index in [1.165, 1.54) is 0 Å². The van der Waals surface area contributed by atoms with E-state index in [1.54, 1.807) is 0 Å². The smallest absolute Gasteiger partial charge is 0.398 e. The Hall–Kier alpha value is -1.07. The number of fused-ring (bicyclic) bond motifs is 1. The van der Waals surface area contributed by atoms with E-state index in [4.69, 9.17) is 9.31 Å². The van der Waals surface area contributed by atoms with Crippen molar-refractivity contribution >= 4 is 18.5 Å². The van der Waals surface area contributed by atoms with Crippen molar-refractivity contribution in [3.8, 4) is 0 Å². The molecule has 2 aliphatic rings. The molecule has 1 aliphatic heterocycles. The zero-order valence-electron chi connectivity index (χ0n) is 14.7. The summed E-state index contributed by atoms with van der Waals surface area (Å²) in [6, 6.07) is 0. The van der Waals surface area contributed by atoms with Crippen molar-refractivity contribution in [3.63, 3.8) is 0 Å². The quantitative estimate of drug-likeness (QED) is 0.812. The molecule has 1 N–H and O–H groups in total. The molecule has 1 aromatic heterocycles. The summed E-state index contributed by atoms with van der Waals surface area (Å²) in [5.41, 5.74) is 3.02. The van der Waals surface area contributed by atoms with Gasteiger partial charge in [0.1, 0.15) is 0 Å². The average molecular weight is 303 g/mol. The molecule has 3 rings (SSSR count). The van der Waals surface area contributed by atoms with Crippen molar-refractivity contribution in [2.45, 2.75) is 72.5 Å². The molecule has 0 spiro atoms. The van der Waals surface area contributed by atoms with Gasteiger partial charge in [-0.15, -0.1) is 0 Å². The van der Waals surface area contributed by atoms with Crippen LogP contribution in [0, 0.1) is 12.3 Å². The zero-order chi connectivity index (χ0) is 16.5. The third kappa shape index (κ3) is 2.26. The minimum Gasteiger partial charge on any atom is -0.398 e. The Bertz CT molecular complexity index is 627. The maximum Gasteiger partial charge on any atom is 0.512 e. The third-order valence-electron chi connectivity index (χ3n) is 5.43. The summed E-state index contributed by atoms with van der Waals surface area (Å²) in [6.07, 6.45) is 1.48. The monoisotopic (exact) mass is 303 g/mol. The van der Waals surface area contributed by atoms with Crippen LogP contribution in [0.3, 0.4) is 0 Å². The van der Waals surface area contributed by atoms with E-state index >= 15 is 0 Å². The van der Waals surface area contributed by atoms with Gasteiger partial charge in [0.25, 0.3) is 0 Å². The number of Topliss-reactive ketones (excluding diaryl/α,β-unsaturated/α-hetero) is 1. The number of rotatable bonds is 1. The molecule has 1 saturated heterocycles. The van der Waals surface area contributed by atoms with E-state index in [9.17, 15) is 4.79 Å². The van der Waals surface area contributed by atoms with Crippen molar-refractivity contribution in [1.82, 2.24) is 4.98 Å². The molecule has 5 heteroatoms. The molecule has 2 heterocycles. The van der Waals surface area contributed by atoms with Crippen LogP contribution < -0.4 is 5.59 Å². The lowest BCUT2D eigenvalue weighted by atomic mass is 9.74. The van der Waals surface area contributed by atoms with Gasteiger partial charge in [-0.1, -0.05) is 13.8 Å². The van der Waals surface area contributed by atoms with Crippen molar-refractivity contribution in [1.29, 1.82) is 0 Å². The van der Waals surface area contributed by atoms with Crippen LogP contribution in [-0.4, -0.2) is 29.1 Å². The van der Waals surface area contributed by atoms with Gasteiger partial charge in [0.15, 0.2) is 5.78 Å². The van der Waals surface area contributed by atoms with Gasteiger partial charge < -0.3 is 14.3 Å². The lowest BCUT2D eigenvalue weighted by Gasteiger charge is -2.32. The van der Waals surface area contributed by atoms with Crippen LogP contribution in [0.5, 0.6) is 0 Å². The van der Waals surface area contributed by atoms with Gasteiger partial charge in [0, 0.05) is 23.3 Å². The van der Waals surface area contributed by atoms with E-state index in [2.05, 4.69) is 18.8 Å². The highest BCUT2D eigenvalue weighted by Crippen LogP contribution is 2.38. The summed E-state index contributed by atoms with van der Waals surface area (Å²) in [7, 11) is -0.438. The second-order valence-corrected chi connectivity index (χ2v) is 8.55. The predicted molar refractivity (Wildman–Crippen MR) is 87.7 cm³/mol. The number of ketones is 1. The summed E-state index contributed by atoms with van der Waals surface area (Å²) in [4.78, 5) is 15.9. The van der Waals surface area contributed by atoms with Gasteiger partial charge >= 0.3 is 7.12 Å². The molecule has 0 amide bonds. The van der Waals surface area contributed by atoms with E-state index < -0.39 is 7.12 Å². The van der Waals surface area contributed by atoms with Crippen LogP contribution in [0.25, 0.3) is 0 Å². The summed E-state index contributed by atoms with van der Waals surface area (Å²) in [6.45, 7) is 14.4. The normalized spacial score (nSPS) is 25.4. The van der Waals surface area contributed by atoms with Crippen LogP contribution in [0.4, 0.5) is 0 Å². The fourth-order valence-electron chi connectivity index (χ4n) is 3.45. The number of nitrogens with one attached hydrogen (secondary N) is 1. The van der Waals surface area contributed by atoms with E-state index in [-0.39, 0.29) is 22.4 Å². The van der Waals surface area contributed by atoms with Gasteiger partial charge in [-0.25, -0.2) is 0 Å². The predicted octanol–water partition coefficient (Wildman–Crippen LogP) is 2.78. The number of carbonyl (C=O) groups excluding carboxylic acids is 1. The van der Waals surface area contributed by atoms with Gasteiger partial charge in [0.05, 0.1) is 11.2 Å². The van der Waals surface area contributed by atoms with Crippen molar-refractivity contribution in [2.75, 3.05) is 0 Å². The highest BCUT2D eigenvalue weighted by Gasteiger charge is 2.53. The molecule has 1 aromatic rings. The number of hydrogen-bond donors (Lipinski definition) is 1. The van der Waals surface area contributed by atoms with Crippen LogP contribution in [0.2, 0.25) is 0 Å². The van der Waals surface area contributed by atoms with Gasteiger partial charge in [-0.3, -0.25) is 4.79 Å². The Balaban J connectivity index is 2.00. The van der Waals surface area contributed by atoms with Gasteiger partial charge in [0.2, 0.25) is 0 Å². The van der Waals surface area contributed by atoms with E-state index in [0.717, 1.165) is 28.8 Å². The second kappa shape index (κ2) is 4.48. The van der Waals surface area contributed by atoms with Crippen molar-refractivity contribution in [2.24, 2.45) is 5.41 Å². The number of hydrogen-bond acceptors (Lipinski definition) is 3. The number of H-pyrrole nitrogens is 1. The third-order valence-corrected chi connectivity index (χ3v) is 5.43. The van der Waals surface area contributed by atoms with Crippen LogP contribution in [0.1, 0.15) is 69.6 Å². The molecule has 0 saturated carbocycles. The summed E-state index contributed by atoms with van der Waals surface area (Å²) in [5, 5.41) is 0. The Labute approximate surface area is 133 Å². The molecule has 4 nitrogen and oxygen atoms in total. The summed E-state index contributed by atoms with van der Waals surface area (Å²) in [5.74, 6) is 0.225. The van der Waals surface area contributed by atoms with Crippen molar-refractivity contribution < 1.29 is 14.1 Å². The zero-order valence-corrected chi connectivity index (χ0v) is 14.7. The standard InChI is InChI=1S/C17H26BNO3/c1-10-13-11(8-15(2,3)9-12(13)20)19-14(10)18-21-16(4,5)17(6,7)22-18/h19H,8-9H2,1-7H3. The van der Waals surface area contributed by atoms with Crippen LogP contribution >= 0.6 is 0 Å². The molecule has 0 unspecified atom stereocenters. The minimum atomic E-state index is -0.438. The van der Waals surface area contributed by atoms with E-state index in [1.807, 2.05) is 34.6 Å². The first kappa shape index (κ1) is 15.8. The van der Waals surface area contributed by atoms with Crippen LogP contribution in [-0.2, 0) is 15.7 Å². The number of aromatic nitrogens is 1.